The van der Waals surface area contributed by atoms with Gasteiger partial charge in [-0.1, -0.05) is 117 Å². The monoisotopic (exact) mass is 612 g/mol. The summed E-state index contributed by atoms with van der Waals surface area (Å²) in [5.41, 5.74) is 5.18. The van der Waals surface area contributed by atoms with Gasteiger partial charge in [0.05, 0.1) is 6.42 Å². The summed E-state index contributed by atoms with van der Waals surface area (Å²) in [6, 6.07) is -1.26. The fraction of sp³-hybridized carbons (Fsp3) is 0.848. The summed E-state index contributed by atoms with van der Waals surface area (Å²) in [6.07, 6.45) is 19.2. The summed E-state index contributed by atoms with van der Waals surface area (Å²) in [6.45, 7) is 4.96. The Kier molecular flexibility index (Phi) is 26.4. The molecular formula is C33H60N2O8. The van der Waals surface area contributed by atoms with Gasteiger partial charge in [0.1, 0.15) is 19.3 Å². The molecular weight excluding hydrogens is 552 g/mol. The zero-order valence-electron chi connectivity index (χ0n) is 27.3. The lowest BCUT2D eigenvalue weighted by Crippen LogP contribution is -2.44. The Morgan fingerprint density at radius 2 is 1.02 bits per heavy atom. The van der Waals surface area contributed by atoms with Gasteiger partial charge in [0, 0.05) is 19.8 Å². The van der Waals surface area contributed by atoms with Crippen LogP contribution in [0.5, 0.6) is 0 Å². The second-order valence-corrected chi connectivity index (χ2v) is 11.5. The van der Waals surface area contributed by atoms with Crippen molar-refractivity contribution in [3.8, 4) is 0 Å². The molecule has 0 bridgehead atoms. The van der Waals surface area contributed by atoms with Crippen LogP contribution in [0.15, 0.2) is 0 Å². The standard InChI is InChI=1S/C33H60N2O8/c1-4-6-8-10-12-14-16-18-20-22-31(38)41-25-28(26-42-33(40)29(24-30(34)37)35-27(3)36)43-32(39)23-21-19-17-15-13-11-9-7-5-2/h28-29H,4-26H2,1-3H3,(H2,34,37)(H,35,36)/t28-,29+/m1/s1. The van der Waals surface area contributed by atoms with Crippen LogP contribution in [-0.2, 0) is 38.2 Å². The summed E-state index contributed by atoms with van der Waals surface area (Å²) in [5.74, 6) is -3.08. The minimum absolute atomic E-state index is 0.211. The maximum Gasteiger partial charge on any atom is 0.329 e. The Morgan fingerprint density at radius 1 is 0.605 bits per heavy atom. The zero-order chi connectivity index (χ0) is 32.1. The van der Waals surface area contributed by atoms with E-state index >= 15 is 0 Å². The van der Waals surface area contributed by atoms with Gasteiger partial charge in [-0.25, -0.2) is 4.79 Å². The molecule has 2 amide bonds. The molecule has 0 saturated carbocycles. The fourth-order valence-electron chi connectivity index (χ4n) is 4.69. The van der Waals surface area contributed by atoms with E-state index in [1.54, 1.807) is 0 Å². The van der Waals surface area contributed by atoms with E-state index in [0.29, 0.717) is 6.42 Å². The first-order valence-corrected chi connectivity index (χ1v) is 16.8. The lowest BCUT2D eigenvalue weighted by Gasteiger charge is -2.20. The molecule has 3 N–H and O–H groups in total. The van der Waals surface area contributed by atoms with Crippen LogP contribution in [0.25, 0.3) is 0 Å². The van der Waals surface area contributed by atoms with Gasteiger partial charge >= 0.3 is 17.9 Å². The third-order valence-corrected chi connectivity index (χ3v) is 7.18. The van der Waals surface area contributed by atoms with Crippen molar-refractivity contribution in [1.29, 1.82) is 0 Å². The van der Waals surface area contributed by atoms with Gasteiger partial charge in [-0.05, 0) is 12.8 Å². The molecule has 0 aliphatic heterocycles. The van der Waals surface area contributed by atoms with Crippen LogP contribution in [0.1, 0.15) is 156 Å². The molecule has 43 heavy (non-hydrogen) atoms. The Hall–Kier alpha value is -2.65. The highest BCUT2D eigenvalue weighted by Crippen LogP contribution is 2.13. The van der Waals surface area contributed by atoms with Gasteiger partial charge in [-0.2, -0.15) is 0 Å². The summed E-state index contributed by atoms with van der Waals surface area (Å²) < 4.78 is 16.1. The van der Waals surface area contributed by atoms with Crippen molar-refractivity contribution in [1.82, 2.24) is 5.32 Å². The molecule has 0 saturated heterocycles. The van der Waals surface area contributed by atoms with Crippen molar-refractivity contribution in [2.45, 2.75) is 168 Å². The van der Waals surface area contributed by atoms with Crippen LogP contribution in [0, 0.1) is 0 Å². The predicted octanol–water partition coefficient (Wildman–Crippen LogP) is 6.21. The number of amides is 2. The molecule has 0 aliphatic rings. The second-order valence-electron chi connectivity index (χ2n) is 11.5. The summed E-state index contributed by atoms with van der Waals surface area (Å²) in [5, 5.41) is 2.33. The molecule has 0 spiro atoms. The number of esters is 3. The van der Waals surface area contributed by atoms with Crippen LogP contribution in [-0.4, -0.2) is 55.1 Å². The lowest BCUT2D eigenvalue weighted by molar-refractivity contribution is -0.168. The number of carbonyl (C=O) groups is 5. The highest BCUT2D eigenvalue weighted by molar-refractivity contribution is 5.88. The largest absolute Gasteiger partial charge is 0.462 e. The van der Waals surface area contributed by atoms with E-state index < -0.39 is 48.3 Å². The summed E-state index contributed by atoms with van der Waals surface area (Å²) in [7, 11) is 0. The molecule has 0 fully saturated rings. The van der Waals surface area contributed by atoms with Crippen LogP contribution >= 0.6 is 0 Å². The minimum atomic E-state index is -1.26. The number of ether oxygens (including phenoxy) is 3. The molecule has 0 aromatic rings. The molecule has 2 atom stereocenters. The third kappa shape index (κ3) is 26.7. The molecule has 0 aromatic carbocycles. The number of nitrogens with one attached hydrogen (secondary N) is 1. The van der Waals surface area contributed by atoms with Crippen LogP contribution in [0.2, 0.25) is 0 Å². The molecule has 10 heteroatoms. The van der Waals surface area contributed by atoms with E-state index in [4.69, 9.17) is 19.9 Å². The molecule has 0 aliphatic carbocycles. The molecule has 250 valence electrons. The average Bonchev–Trinajstić information content (AvgIpc) is 2.95. The van der Waals surface area contributed by atoms with Crippen molar-refractivity contribution in [3.63, 3.8) is 0 Å². The van der Waals surface area contributed by atoms with Crippen LogP contribution < -0.4 is 11.1 Å². The van der Waals surface area contributed by atoms with E-state index in [0.717, 1.165) is 44.9 Å². The SMILES string of the molecule is CCCCCCCCCCCC(=O)OC[C@H](COC(=O)[C@H](CC(N)=O)NC(C)=O)OC(=O)CCCCCCCCCCC. The van der Waals surface area contributed by atoms with Gasteiger partial charge < -0.3 is 25.3 Å². The van der Waals surface area contributed by atoms with Crippen molar-refractivity contribution >= 4 is 29.7 Å². The Bertz CT molecular complexity index is 758. The third-order valence-electron chi connectivity index (χ3n) is 7.18. The fourth-order valence-corrected chi connectivity index (χ4v) is 4.69. The summed E-state index contributed by atoms with van der Waals surface area (Å²) >= 11 is 0. The van der Waals surface area contributed by atoms with E-state index in [1.165, 1.54) is 71.1 Å². The highest BCUT2D eigenvalue weighted by Gasteiger charge is 2.26. The molecule has 0 unspecified atom stereocenters. The summed E-state index contributed by atoms with van der Waals surface area (Å²) in [4.78, 5) is 60.1. The molecule has 0 heterocycles. The van der Waals surface area contributed by atoms with Crippen LogP contribution in [0.4, 0.5) is 0 Å². The number of primary amides is 1. The van der Waals surface area contributed by atoms with E-state index in [9.17, 15) is 24.0 Å². The van der Waals surface area contributed by atoms with Gasteiger partial charge in [-0.3, -0.25) is 19.2 Å². The van der Waals surface area contributed by atoms with Crippen molar-refractivity contribution < 1.29 is 38.2 Å². The zero-order valence-corrected chi connectivity index (χ0v) is 27.3. The number of rotatable bonds is 29. The Balaban J connectivity index is 4.66. The van der Waals surface area contributed by atoms with Gasteiger partial charge in [0.15, 0.2) is 6.10 Å². The topological polar surface area (TPSA) is 151 Å². The highest BCUT2D eigenvalue weighted by atomic mass is 16.6. The number of carbonyl (C=O) groups excluding carboxylic acids is 5. The van der Waals surface area contributed by atoms with E-state index in [2.05, 4.69) is 19.2 Å². The maximum absolute atomic E-state index is 12.5. The first-order chi connectivity index (χ1) is 20.7. The average molecular weight is 613 g/mol. The number of unbranched alkanes of at least 4 members (excludes halogenated alkanes) is 16. The molecule has 0 radical (unpaired) electrons. The first-order valence-electron chi connectivity index (χ1n) is 16.8. The van der Waals surface area contributed by atoms with Gasteiger partial charge in [0.2, 0.25) is 11.8 Å². The number of nitrogens with two attached hydrogens (primary N) is 1. The van der Waals surface area contributed by atoms with Crippen molar-refractivity contribution in [2.75, 3.05) is 13.2 Å². The lowest BCUT2D eigenvalue weighted by atomic mass is 10.1. The normalized spacial score (nSPS) is 12.3. The van der Waals surface area contributed by atoms with E-state index in [1.807, 2.05) is 0 Å². The first kappa shape index (κ1) is 40.4. The van der Waals surface area contributed by atoms with Crippen LogP contribution in [0.3, 0.4) is 0 Å². The second kappa shape index (κ2) is 28.1. The predicted molar refractivity (Wildman–Crippen MR) is 167 cm³/mol. The van der Waals surface area contributed by atoms with E-state index in [-0.39, 0.29) is 26.1 Å². The van der Waals surface area contributed by atoms with Gasteiger partial charge in [0.25, 0.3) is 0 Å². The van der Waals surface area contributed by atoms with Crippen molar-refractivity contribution in [2.24, 2.45) is 5.73 Å². The molecule has 0 aromatic heterocycles. The van der Waals surface area contributed by atoms with Gasteiger partial charge in [-0.15, -0.1) is 0 Å². The molecule has 0 rings (SSSR count). The quantitative estimate of drug-likeness (QED) is 0.0575. The molecule has 10 nitrogen and oxygen atoms in total. The number of hydrogen-bond donors (Lipinski definition) is 2. The minimum Gasteiger partial charge on any atom is -0.462 e. The Labute approximate surface area is 259 Å². The maximum atomic E-state index is 12.5. The van der Waals surface area contributed by atoms with Crippen molar-refractivity contribution in [3.05, 3.63) is 0 Å². The Morgan fingerprint density at radius 3 is 1.47 bits per heavy atom. The smallest absolute Gasteiger partial charge is 0.329 e. The number of hydrogen-bond acceptors (Lipinski definition) is 8.